The lowest BCUT2D eigenvalue weighted by Crippen LogP contribution is -2.18. The molecule has 2 amide bonds. The molecule has 4 nitrogen and oxygen atoms in total. The zero-order valence-electron chi connectivity index (χ0n) is 16.8. The van der Waals surface area contributed by atoms with Gasteiger partial charge in [0.2, 0.25) is 5.91 Å². The minimum absolute atomic E-state index is 0.00754. The second-order valence-corrected chi connectivity index (χ2v) is 9.42. The Hall–Kier alpha value is -2.81. The summed E-state index contributed by atoms with van der Waals surface area (Å²) in [7, 11) is 0. The number of hydrogen-bond acceptors (Lipinski definition) is 2. The predicted molar refractivity (Wildman–Crippen MR) is 121 cm³/mol. The summed E-state index contributed by atoms with van der Waals surface area (Å²) in [6.07, 6.45) is 0. The third-order valence-electron chi connectivity index (χ3n) is 5.30. The molecule has 4 rings (SSSR count). The molecule has 1 aliphatic carbocycles. The highest BCUT2D eigenvalue weighted by Gasteiger charge is 2.67. The molecule has 1 aliphatic rings. The molecule has 3 aromatic rings. The van der Waals surface area contributed by atoms with Gasteiger partial charge in [-0.25, -0.2) is 17.6 Å². The van der Waals surface area contributed by atoms with Gasteiger partial charge in [-0.2, -0.15) is 0 Å². The average molecular weight is 532 g/mol. The minimum atomic E-state index is -1.55. The van der Waals surface area contributed by atoms with Crippen LogP contribution < -0.4 is 10.6 Å². The molecule has 0 bridgehead atoms. The van der Waals surface area contributed by atoms with E-state index < -0.39 is 51.3 Å². The van der Waals surface area contributed by atoms with Gasteiger partial charge in [0.1, 0.15) is 16.0 Å². The first kappa shape index (κ1) is 24.3. The van der Waals surface area contributed by atoms with Crippen LogP contribution in [-0.4, -0.2) is 16.1 Å². The molecule has 0 aromatic heterocycles. The zero-order valence-corrected chi connectivity index (χ0v) is 19.1. The number of anilines is 2. The van der Waals surface area contributed by atoms with Crippen LogP contribution in [0.3, 0.4) is 0 Å². The van der Waals surface area contributed by atoms with Crippen molar-refractivity contribution in [1.82, 2.24) is 0 Å². The number of benzene rings is 3. The van der Waals surface area contributed by atoms with Gasteiger partial charge in [-0.3, -0.25) is 9.59 Å². The van der Waals surface area contributed by atoms with Crippen molar-refractivity contribution in [3.05, 3.63) is 94.0 Å². The number of rotatable bonds is 5. The summed E-state index contributed by atoms with van der Waals surface area (Å²) in [6, 6.07) is 9.75. The fourth-order valence-corrected chi connectivity index (χ4v) is 4.58. The summed E-state index contributed by atoms with van der Waals surface area (Å²) < 4.78 is 52.2. The van der Waals surface area contributed by atoms with Crippen molar-refractivity contribution >= 4 is 58.0 Å². The highest BCUT2D eigenvalue weighted by molar-refractivity contribution is 6.53. The van der Waals surface area contributed by atoms with Crippen LogP contribution >= 0.6 is 34.8 Å². The average Bonchev–Trinajstić information content (AvgIpc) is 3.35. The lowest BCUT2D eigenvalue weighted by molar-refractivity contribution is -0.117. The molecule has 0 aliphatic heterocycles. The molecule has 3 aromatic carbocycles. The number of halogens is 7. The van der Waals surface area contributed by atoms with Crippen LogP contribution in [-0.2, 0) is 4.79 Å². The Morgan fingerprint density at radius 3 is 2.24 bits per heavy atom. The van der Waals surface area contributed by atoms with Crippen molar-refractivity contribution in [2.24, 2.45) is 5.92 Å². The Labute approximate surface area is 205 Å². The summed E-state index contributed by atoms with van der Waals surface area (Å²) in [4.78, 5) is 25.4. The largest absolute Gasteiger partial charge is 0.326 e. The van der Waals surface area contributed by atoms with Crippen LogP contribution in [0.5, 0.6) is 0 Å². The summed E-state index contributed by atoms with van der Waals surface area (Å²) in [5.41, 5.74) is 0.0400. The molecule has 0 saturated heterocycles. The molecule has 176 valence electrons. The van der Waals surface area contributed by atoms with E-state index in [1.165, 1.54) is 24.3 Å². The zero-order chi connectivity index (χ0) is 24.8. The molecule has 34 heavy (non-hydrogen) atoms. The fourth-order valence-electron chi connectivity index (χ4n) is 3.55. The smallest absolute Gasteiger partial charge is 0.257 e. The van der Waals surface area contributed by atoms with Gasteiger partial charge in [0.15, 0.2) is 11.6 Å². The van der Waals surface area contributed by atoms with E-state index in [1.807, 2.05) is 0 Å². The van der Waals surface area contributed by atoms with Crippen molar-refractivity contribution in [2.75, 3.05) is 10.6 Å². The van der Waals surface area contributed by atoms with Crippen molar-refractivity contribution in [3.8, 4) is 0 Å². The van der Waals surface area contributed by atoms with E-state index in [1.54, 1.807) is 0 Å². The van der Waals surface area contributed by atoms with Gasteiger partial charge in [-0.1, -0.05) is 17.7 Å². The lowest BCUT2D eigenvalue weighted by Gasteiger charge is -2.11. The van der Waals surface area contributed by atoms with Gasteiger partial charge in [-0.05, 0) is 48.0 Å². The topological polar surface area (TPSA) is 58.2 Å². The summed E-state index contributed by atoms with van der Waals surface area (Å²) >= 11 is 18.5. The van der Waals surface area contributed by atoms with Gasteiger partial charge in [0.25, 0.3) is 5.91 Å². The first-order valence-electron chi connectivity index (χ1n) is 9.68. The predicted octanol–water partition coefficient (Wildman–Crippen LogP) is 6.67. The fraction of sp³-hybridized carbons (Fsp3) is 0.130. The Morgan fingerprint density at radius 1 is 0.824 bits per heavy atom. The van der Waals surface area contributed by atoms with Gasteiger partial charge in [0.05, 0.1) is 22.2 Å². The first-order chi connectivity index (χ1) is 16.0. The van der Waals surface area contributed by atoms with Crippen molar-refractivity contribution in [2.45, 2.75) is 10.3 Å². The molecule has 0 unspecified atom stereocenters. The maximum Gasteiger partial charge on any atom is 0.257 e. The molecule has 2 N–H and O–H groups in total. The Morgan fingerprint density at radius 2 is 1.56 bits per heavy atom. The van der Waals surface area contributed by atoms with E-state index in [4.69, 9.17) is 34.8 Å². The summed E-state index contributed by atoms with van der Waals surface area (Å²) in [6.45, 7) is 0. The van der Waals surface area contributed by atoms with E-state index in [-0.39, 0.29) is 27.5 Å². The molecule has 0 spiro atoms. The SMILES string of the molecule is O=C(Nc1ccc(F)cc1F)c1cc(NC(=O)[C@H]2[C@H](c3ccc(F)c(F)c3)C2(Cl)Cl)ccc1Cl. The Balaban J connectivity index is 1.51. The van der Waals surface area contributed by atoms with E-state index in [0.717, 1.165) is 24.3 Å². The third kappa shape index (κ3) is 4.71. The molecule has 1 fully saturated rings. The number of hydrogen-bond donors (Lipinski definition) is 2. The number of amides is 2. The summed E-state index contributed by atoms with van der Waals surface area (Å²) in [5.74, 6) is -7.14. The van der Waals surface area contributed by atoms with E-state index >= 15 is 0 Å². The molecule has 0 radical (unpaired) electrons. The highest BCUT2D eigenvalue weighted by Crippen LogP contribution is 2.65. The van der Waals surface area contributed by atoms with Crippen LogP contribution in [0.2, 0.25) is 5.02 Å². The minimum Gasteiger partial charge on any atom is -0.326 e. The third-order valence-corrected chi connectivity index (χ3v) is 6.57. The van der Waals surface area contributed by atoms with Crippen molar-refractivity contribution < 1.29 is 27.2 Å². The van der Waals surface area contributed by atoms with Crippen LogP contribution in [0, 0.1) is 29.2 Å². The van der Waals surface area contributed by atoms with E-state index in [2.05, 4.69) is 10.6 Å². The number of carbonyl (C=O) groups excluding carboxylic acids is 2. The number of carbonyl (C=O) groups is 2. The van der Waals surface area contributed by atoms with Crippen molar-refractivity contribution in [1.29, 1.82) is 0 Å². The number of nitrogens with one attached hydrogen (secondary N) is 2. The quantitative estimate of drug-likeness (QED) is 0.285. The standard InChI is InChI=1S/C23H13Cl3F4N2O2/c24-14-4-3-12(9-13(14)21(33)32-18-6-2-11(27)8-17(18)30)31-22(34)20-19(23(20,25)26)10-1-5-15(28)16(29)7-10/h1-9,19-20H,(H,31,34)(H,32,33)/t19-,20+/m0/s1. The Kier molecular flexibility index (Phi) is 6.50. The van der Waals surface area contributed by atoms with Crippen LogP contribution in [0.1, 0.15) is 21.8 Å². The van der Waals surface area contributed by atoms with Crippen molar-refractivity contribution in [3.63, 3.8) is 0 Å². The van der Waals surface area contributed by atoms with Crippen LogP contribution in [0.15, 0.2) is 54.6 Å². The van der Waals surface area contributed by atoms with E-state index in [0.29, 0.717) is 6.07 Å². The molecular weight excluding hydrogens is 519 g/mol. The molecule has 1 saturated carbocycles. The molecule has 11 heteroatoms. The second kappa shape index (κ2) is 9.09. The normalized spacial score (nSPS) is 18.3. The highest BCUT2D eigenvalue weighted by atomic mass is 35.5. The van der Waals surface area contributed by atoms with Gasteiger partial charge in [-0.15, -0.1) is 23.2 Å². The monoisotopic (exact) mass is 530 g/mol. The van der Waals surface area contributed by atoms with Crippen LogP contribution in [0.4, 0.5) is 28.9 Å². The molecular formula is C23H13Cl3F4N2O2. The Bertz CT molecular complexity index is 1320. The maximum absolute atomic E-state index is 13.9. The second-order valence-electron chi connectivity index (χ2n) is 7.57. The lowest BCUT2D eigenvalue weighted by atomic mass is 10.1. The van der Waals surface area contributed by atoms with Crippen LogP contribution in [0.25, 0.3) is 0 Å². The first-order valence-corrected chi connectivity index (χ1v) is 10.8. The van der Waals surface area contributed by atoms with Gasteiger partial charge in [0, 0.05) is 17.7 Å². The molecule has 0 heterocycles. The van der Waals surface area contributed by atoms with Gasteiger partial charge >= 0.3 is 0 Å². The van der Waals surface area contributed by atoms with Gasteiger partial charge < -0.3 is 10.6 Å². The number of alkyl halides is 2. The summed E-state index contributed by atoms with van der Waals surface area (Å²) in [5, 5.41) is 4.84. The maximum atomic E-state index is 13.9. The van der Waals surface area contributed by atoms with E-state index in [9.17, 15) is 27.2 Å². The molecule has 2 atom stereocenters.